The van der Waals surface area contributed by atoms with E-state index in [2.05, 4.69) is 64.2 Å². The molecule has 0 aliphatic carbocycles. The maximum Gasteiger partial charge on any atom is 0.0972 e. The third kappa shape index (κ3) is 4.08. The Morgan fingerprint density at radius 3 is 2.35 bits per heavy atom. The third-order valence-corrected chi connectivity index (χ3v) is 4.93. The van der Waals surface area contributed by atoms with Gasteiger partial charge in [-0.15, -0.1) is 0 Å². The maximum absolute atomic E-state index is 6.17. The van der Waals surface area contributed by atoms with Gasteiger partial charge in [-0.05, 0) is 56.2 Å². The van der Waals surface area contributed by atoms with Gasteiger partial charge >= 0.3 is 0 Å². The molecule has 0 spiro atoms. The van der Waals surface area contributed by atoms with Crippen molar-refractivity contribution < 1.29 is 0 Å². The molecular weight excluding hydrogens is 332 g/mol. The van der Waals surface area contributed by atoms with E-state index in [1.54, 1.807) is 11.8 Å². The summed E-state index contributed by atoms with van der Waals surface area (Å²) in [6, 6.07) is 12.6. The first-order valence-electron chi connectivity index (χ1n) is 6.58. The van der Waals surface area contributed by atoms with Crippen LogP contribution in [0.15, 0.2) is 45.9 Å². The number of thioether (sulfide) groups is 1. The van der Waals surface area contributed by atoms with Crippen LogP contribution in [0.3, 0.4) is 0 Å². The van der Waals surface area contributed by atoms with Crippen LogP contribution in [-0.4, -0.2) is 11.0 Å². The Hall–Kier alpha value is -0.840. The van der Waals surface area contributed by atoms with Crippen LogP contribution < -0.4 is 5.73 Å². The van der Waals surface area contributed by atoms with E-state index in [0.29, 0.717) is 0 Å². The summed E-state index contributed by atoms with van der Waals surface area (Å²) in [7, 11) is 0. The monoisotopic (exact) mass is 350 g/mol. The molecule has 2 nitrogen and oxygen atoms in total. The lowest BCUT2D eigenvalue weighted by Crippen LogP contribution is -2.22. The molecule has 0 bridgehead atoms. The van der Waals surface area contributed by atoms with Gasteiger partial charge in [-0.2, -0.15) is 0 Å². The standard InChI is InChI=1S/C16H19BrN2S/c1-10-8-11(2)19-15(9-10)20-16(12(3)18)13-4-6-14(17)7-5-13/h4-9,12,16H,18H2,1-3H3. The Bertz CT molecular complexity index is 561. The lowest BCUT2D eigenvalue weighted by molar-refractivity contribution is 0.720. The van der Waals surface area contributed by atoms with Gasteiger partial charge in [0.1, 0.15) is 0 Å². The predicted molar refractivity (Wildman–Crippen MR) is 90.1 cm³/mol. The fraction of sp³-hybridized carbons (Fsp3) is 0.312. The second kappa shape index (κ2) is 6.74. The van der Waals surface area contributed by atoms with Gasteiger partial charge in [-0.1, -0.05) is 39.8 Å². The molecule has 0 amide bonds. The zero-order chi connectivity index (χ0) is 14.7. The molecule has 2 aromatic rings. The van der Waals surface area contributed by atoms with Crippen LogP contribution in [0.2, 0.25) is 0 Å². The number of nitrogens with two attached hydrogens (primary N) is 1. The summed E-state index contributed by atoms with van der Waals surface area (Å²) < 4.78 is 1.08. The number of nitrogens with zero attached hydrogens (tertiary/aromatic N) is 1. The van der Waals surface area contributed by atoms with Gasteiger partial charge in [0.05, 0.1) is 10.3 Å². The summed E-state index contributed by atoms with van der Waals surface area (Å²) in [6.45, 7) is 6.17. The average molecular weight is 351 g/mol. The van der Waals surface area contributed by atoms with Gasteiger partial charge in [0.15, 0.2) is 0 Å². The SMILES string of the molecule is Cc1cc(C)nc(SC(c2ccc(Br)cc2)C(C)N)c1. The number of halogens is 1. The van der Waals surface area contributed by atoms with Crippen LogP contribution in [0.1, 0.15) is 29.0 Å². The van der Waals surface area contributed by atoms with Gasteiger partial charge in [0.2, 0.25) is 0 Å². The Morgan fingerprint density at radius 1 is 1.15 bits per heavy atom. The normalized spacial score (nSPS) is 14.1. The molecule has 2 atom stereocenters. The quantitative estimate of drug-likeness (QED) is 0.816. The number of hydrogen-bond acceptors (Lipinski definition) is 3. The fourth-order valence-electron chi connectivity index (χ4n) is 2.13. The van der Waals surface area contributed by atoms with Crippen molar-refractivity contribution in [2.24, 2.45) is 5.73 Å². The van der Waals surface area contributed by atoms with Crippen LogP contribution in [0, 0.1) is 13.8 Å². The number of hydrogen-bond donors (Lipinski definition) is 1. The molecular formula is C16H19BrN2S. The molecule has 0 saturated heterocycles. The summed E-state index contributed by atoms with van der Waals surface area (Å²) in [5.74, 6) is 0. The molecule has 0 saturated carbocycles. The molecule has 2 unspecified atom stereocenters. The fourth-order valence-corrected chi connectivity index (χ4v) is 3.61. The van der Waals surface area contributed by atoms with Crippen LogP contribution in [0.4, 0.5) is 0 Å². The van der Waals surface area contributed by atoms with E-state index in [1.165, 1.54) is 11.1 Å². The summed E-state index contributed by atoms with van der Waals surface area (Å²) in [4.78, 5) is 4.60. The van der Waals surface area contributed by atoms with E-state index in [1.807, 2.05) is 13.8 Å². The molecule has 0 aliphatic heterocycles. The first kappa shape index (κ1) is 15.5. The van der Waals surface area contributed by atoms with Crippen LogP contribution >= 0.6 is 27.7 Å². The summed E-state index contributed by atoms with van der Waals surface area (Å²) in [6.07, 6.45) is 0. The minimum atomic E-state index is 0.0591. The zero-order valence-electron chi connectivity index (χ0n) is 11.9. The second-order valence-corrected chi connectivity index (χ2v) is 7.15. The first-order chi connectivity index (χ1) is 9.45. The lowest BCUT2D eigenvalue weighted by atomic mass is 10.1. The average Bonchev–Trinajstić information content (AvgIpc) is 2.36. The number of aryl methyl sites for hydroxylation is 2. The van der Waals surface area contributed by atoms with Crippen molar-refractivity contribution in [3.05, 3.63) is 57.7 Å². The highest BCUT2D eigenvalue weighted by Gasteiger charge is 2.18. The number of aromatic nitrogens is 1. The minimum Gasteiger partial charge on any atom is -0.327 e. The summed E-state index contributed by atoms with van der Waals surface area (Å²) in [5.41, 5.74) is 9.68. The van der Waals surface area contributed by atoms with Gasteiger partial charge in [-0.25, -0.2) is 4.98 Å². The molecule has 4 heteroatoms. The molecule has 0 radical (unpaired) electrons. The summed E-state index contributed by atoms with van der Waals surface area (Å²) in [5, 5.41) is 1.24. The van der Waals surface area contributed by atoms with Gasteiger partial charge in [0.25, 0.3) is 0 Å². The van der Waals surface area contributed by atoms with E-state index in [4.69, 9.17) is 5.73 Å². The largest absolute Gasteiger partial charge is 0.327 e. The molecule has 20 heavy (non-hydrogen) atoms. The second-order valence-electron chi connectivity index (χ2n) is 5.07. The van der Waals surface area contributed by atoms with Crippen molar-refractivity contribution in [3.63, 3.8) is 0 Å². The smallest absolute Gasteiger partial charge is 0.0972 e. The molecule has 0 aliphatic rings. The molecule has 2 N–H and O–H groups in total. The predicted octanol–water partition coefficient (Wildman–Crippen LogP) is 4.64. The van der Waals surface area contributed by atoms with Crippen LogP contribution in [0.25, 0.3) is 0 Å². The highest BCUT2D eigenvalue weighted by molar-refractivity contribution is 9.10. The number of rotatable bonds is 4. The number of benzene rings is 1. The van der Waals surface area contributed by atoms with Gasteiger partial charge in [-0.3, -0.25) is 0 Å². The topological polar surface area (TPSA) is 38.9 Å². The van der Waals surface area contributed by atoms with E-state index >= 15 is 0 Å². The van der Waals surface area contributed by atoms with Crippen molar-refractivity contribution in [1.82, 2.24) is 4.98 Å². The molecule has 2 rings (SSSR count). The van der Waals surface area contributed by atoms with E-state index in [0.717, 1.165) is 15.2 Å². The van der Waals surface area contributed by atoms with Crippen molar-refractivity contribution in [2.75, 3.05) is 0 Å². The van der Waals surface area contributed by atoms with Crippen molar-refractivity contribution >= 4 is 27.7 Å². The highest BCUT2D eigenvalue weighted by atomic mass is 79.9. The highest BCUT2D eigenvalue weighted by Crippen LogP contribution is 2.37. The van der Waals surface area contributed by atoms with Crippen LogP contribution in [-0.2, 0) is 0 Å². The van der Waals surface area contributed by atoms with Crippen molar-refractivity contribution in [1.29, 1.82) is 0 Å². The van der Waals surface area contributed by atoms with Gasteiger partial charge < -0.3 is 5.73 Å². The lowest BCUT2D eigenvalue weighted by Gasteiger charge is -2.21. The molecule has 1 aromatic heterocycles. The maximum atomic E-state index is 6.17. The minimum absolute atomic E-state index is 0.0591. The molecule has 1 heterocycles. The van der Waals surface area contributed by atoms with Gasteiger partial charge in [0, 0.05) is 16.2 Å². The van der Waals surface area contributed by atoms with Crippen LogP contribution in [0.5, 0.6) is 0 Å². The van der Waals surface area contributed by atoms with E-state index in [9.17, 15) is 0 Å². The van der Waals surface area contributed by atoms with Crippen molar-refractivity contribution in [3.8, 4) is 0 Å². The Balaban J connectivity index is 2.27. The number of pyridine rings is 1. The zero-order valence-corrected chi connectivity index (χ0v) is 14.3. The van der Waals surface area contributed by atoms with E-state index in [-0.39, 0.29) is 11.3 Å². The Morgan fingerprint density at radius 2 is 1.80 bits per heavy atom. The Kier molecular flexibility index (Phi) is 5.24. The molecule has 0 fully saturated rings. The Labute approximate surface area is 133 Å². The molecule has 106 valence electrons. The first-order valence-corrected chi connectivity index (χ1v) is 8.26. The third-order valence-electron chi connectivity index (χ3n) is 3.00. The molecule has 1 aromatic carbocycles. The van der Waals surface area contributed by atoms with Crippen molar-refractivity contribution in [2.45, 2.75) is 37.1 Å². The van der Waals surface area contributed by atoms with E-state index < -0.39 is 0 Å². The summed E-state index contributed by atoms with van der Waals surface area (Å²) >= 11 is 5.20.